The molecule has 0 aliphatic carbocycles. The Balaban J connectivity index is 2.09. The van der Waals surface area contributed by atoms with Crippen molar-refractivity contribution in [1.82, 2.24) is 5.01 Å². The Kier molecular flexibility index (Phi) is 3.54. The lowest BCUT2D eigenvalue weighted by molar-refractivity contribution is -0.124. The number of benzene rings is 1. The summed E-state index contributed by atoms with van der Waals surface area (Å²) in [6.45, 7) is 3.89. The summed E-state index contributed by atoms with van der Waals surface area (Å²) in [5.74, 6) is -0.108. The van der Waals surface area contributed by atoms with Gasteiger partial charge in [-0.05, 0) is 19.9 Å². The number of hydrazone groups is 1. The second-order valence-corrected chi connectivity index (χ2v) is 6.60. The molecular formula is C14H13N3O2S2. The van der Waals surface area contributed by atoms with E-state index in [0.29, 0.717) is 4.32 Å². The van der Waals surface area contributed by atoms with E-state index in [1.165, 1.54) is 11.8 Å². The highest BCUT2D eigenvalue weighted by Gasteiger charge is 2.37. The Labute approximate surface area is 132 Å². The summed E-state index contributed by atoms with van der Waals surface area (Å²) >= 11 is 6.37. The van der Waals surface area contributed by atoms with Crippen LogP contribution in [0.2, 0.25) is 0 Å². The number of nitrogens with zero attached hydrogens (tertiary/aromatic N) is 3. The zero-order valence-corrected chi connectivity index (χ0v) is 13.2. The molecule has 21 heavy (non-hydrogen) atoms. The maximum Gasteiger partial charge on any atom is 0.279 e. The number of fused-ring (bicyclic) bond motifs is 1. The van der Waals surface area contributed by atoms with Crippen LogP contribution in [0.4, 0.5) is 5.69 Å². The molecule has 108 valence electrons. The number of rotatable bonds is 2. The second-order valence-electron chi connectivity index (χ2n) is 4.99. The summed E-state index contributed by atoms with van der Waals surface area (Å²) < 4.78 is 0.390. The monoisotopic (exact) mass is 319 g/mol. The molecule has 0 saturated carbocycles. The molecule has 7 heteroatoms. The number of amides is 2. The van der Waals surface area contributed by atoms with Crippen molar-refractivity contribution in [3.05, 3.63) is 29.8 Å². The van der Waals surface area contributed by atoms with E-state index in [0.717, 1.165) is 16.3 Å². The molecule has 2 amide bonds. The number of hydrogen-bond donors (Lipinski definition) is 0. The van der Waals surface area contributed by atoms with Crippen molar-refractivity contribution in [2.24, 2.45) is 5.10 Å². The van der Waals surface area contributed by atoms with Gasteiger partial charge in [0.05, 0.1) is 11.4 Å². The molecule has 2 aliphatic heterocycles. The van der Waals surface area contributed by atoms with Gasteiger partial charge in [0, 0.05) is 11.6 Å². The quantitative estimate of drug-likeness (QED) is 0.783. The van der Waals surface area contributed by atoms with Gasteiger partial charge >= 0.3 is 0 Å². The molecular weight excluding hydrogens is 306 g/mol. The van der Waals surface area contributed by atoms with Gasteiger partial charge in [-0.1, -0.05) is 42.2 Å². The molecule has 1 aromatic rings. The number of carbonyl (C=O) groups is 2. The van der Waals surface area contributed by atoms with Crippen LogP contribution in [-0.2, 0) is 9.59 Å². The average Bonchev–Trinajstić information content (AvgIpc) is 2.91. The Morgan fingerprint density at radius 1 is 1.29 bits per heavy atom. The highest BCUT2D eigenvalue weighted by atomic mass is 32.2. The minimum atomic E-state index is -0.196. The van der Waals surface area contributed by atoms with E-state index in [4.69, 9.17) is 12.2 Å². The van der Waals surface area contributed by atoms with Crippen LogP contribution in [0.1, 0.15) is 19.4 Å². The zero-order chi connectivity index (χ0) is 15.1. The first-order chi connectivity index (χ1) is 10.0. The van der Waals surface area contributed by atoms with E-state index in [2.05, 4.69) is 5.10 Å². The molecule has 5 nitrogen and oxygen atoms in total. The normalized spacial score (nSPS) is 20.1. The van der Waals surface area contributed by atoms with Gasteiger partial charge in [0.2, 0.25) is 0 Å². The second kappa shape index (κ2) is 5.23. The molecule has 1 aromatic carbocycles. The number of anilines is 1. The number of hydrogen-bond acceptors (Lipinski definition) is 5. The molecule has 0 atom stereocenters. The van der Waals surface area contributed by atoms with Gasteiger partial charge in [-0.2, -0.15) is 10.1 Å². The van der Waals surface area contributed by atoms with Gasteiger partial charge in [0.15, 0.2) is 10.0 Å². The highest BCUT2D eigenvalue weighted by Crippen LogP contribution is 2.32. The number of para-hydroxylation sites is 1. The van der Waals surface area contributed by atoms with Gasteiger partial charge in [-0.3, -0.25) is 9.59 Å². The van der Waals surface area contributed by atoms with Gasteiger partial charge in [0.1, 0.15) is 0 Å². The fourth-order valence-corrected chi connectivity index (χ4v) is 3.33. The molecule has 2 heterocycles. The smallest absolute Gasteiger partial charge is 0.279 e. The van der Waals surface area contributed by atoms with Crippen LogP contribution in [0.15, 0.2) is 29.4 Å². The molecule has 0 bridgehead atoms. The third-order valence-corrected chi connectivity index (χ3v) is 4.62. The van der Waals surface area contributed by atoms with Crippen molar-refractivity contribution in [2.75, 3.05) is 10.7 Å². The topological polar surface area (TPSA) is 53.0 Å². The fraction of sp³-hybridized carbons (Fsp3) is 0.286. The van der Waals surface area contributed by atoms with Crippen molar-refractivity contribution in [2.45, 2.75) is 19.9 Å². The largest absolute Gasteiger partial charge is 0.304 e. The third kappa shape index (κ3) is 2.26. The van der Waals surface area contributed by atoms with E-state index in [9.17, 15) is 9.59 Å². The van der Waals surface area contributed by atoms with Crippen LogP contribution < -0.4 is 4.90 Å². The predicted octanol–water partition coefficient (Wildman–Crippen LogP) is 2.01. The summed E-state index contributed by atoms with van der Waals surface area (Å²) in [4.78, 5) is 26.1. The lowest BCUT2D eigenvalue weighted by Gasteiger charge is -2.21. The maximum atomic E-state index is 12.6. The first kappa shape index (κ1) is 14.2. The van der Waals surface area contributed by atoms with E-state index in [1.54, 1.807) is 4.90 Å². The van der Waals surface area contributed by atoms with Crippen molar-refractivity contribution in [3.63, 3.8) is 0 Å². The number of thiocarbonyl (C=S) groups is 1. The standard InChI is InChI=1S/C14H13N3O2S2/c1-8(2)16-10-6-4-3-5-9(10)12(13(16)19)15-17-11(18)7-21-14(17)20/h3-6,8H,7H2,1-2H3. The minimum absolute atomic E-state index is 0.0157. The molecule has 0 spiro atoms. The van der Waals surface area contributed by atoms with Crippen LogP contribution in [0.5, 0.6) is 0 Å². The summed E-state index contributed by atoms with van der Waals surface area (Å²) in [6.07, 6.45) is 0. The van der Waals surface area contributed by atoms with Crippen molar-refractivity contribution >= 4 is 51.5 Å². The van der Waals surface area contributed by atoms with Crippen molar-refractivity contribution in [3.8, 4) is 0 Å². The average molecular weight is 319 g/mol. The van der Waals surface area contributed by atoms with E-state index >= 15 is 0 Å². The summed E-state index contributed by atoms with van der Waals surface area (Å²) in [5.41, 5.74) is 1.84. The molecule has 0 unspecified atom stereocenters. The molecule has 1 saturated heterocycles. The van der Waals surface area contributed by atoms with Crippen LogP contribution in [0.3, 0.4) is 0 Å². The number of carbonyl (C=O) groups excluding carboxylic acids is 2. The Bertz CT molecular complexity index is 669. The summed E-state index contributed by atoms with van der Waals surface area (Å²) in [7, 11) is 0. The van der Waals surface area contributed by atoms with E-state index in [-0.39, 0.29) is 29.3 Å². The molecule has 1 fully saturated rings. The molecule has 0 N–H and O–H groups in total. The first-order valence-electron chi connectivity index (χ1n) is 6.52. The fourth-order valence-electron chi connectivity index (χ4n) is 2.38. The van der Waals surface area contributed by atoms with E-state index < -0.39 is 0 Å². The predicted molar refractivity (Wildman–Crippen MR) is 87.5 cm³/mol. The lowest BCUT2D eigenvalue weighted by Crippen LogP contribution is -2.37. The zero-order valence-electron chi connectivity index (χ0n) is 11.6. The molecule has 0 radical (unpaired) electrons. The SMILES string of the molecule is CC(C)N1C(=O)C(=NN2C(=O)CSC2=S)c2ccccc21. The lowest BCUT2D eigenvalue weighted by atomic mass is 10.1. The van der Waals surface area contributed by atoms with Crippen molar-refractivity contribution < 1.29 is 9.59 Å². The maximum absolute atomic E-state index is 12.6. The van der Waals surface area contributed by atoms with Crippen molar-refractivity contribution in [1.29, 1.82) is 0 Å². The Morgan fingerprint density at radius 3 is 2.62 bits per heavy atom. The summed E-state index contributed by atoms with van der Waals surface area (Å²) in [6, 6.07) is 7.47. The Hall–Kier alpha value is -1.73. The summed E-state index contributed by atoms with van der Waals surface area (Å²) in [5, 5.41) is 5.40. The van der Waals surface area contributed by atoms with Crippen LogP contribution in [0.25, 0.3) is 0 Å². The van der Waals surface area contributed by atoms with Gasteiger partial charge in [-0.25, -0.2) is 0 Å². The van der Waals surface area contributed by atoms with Gasteiger partial charge in [0.25, 0.3) is 11.8 Å². The molecule has 3 rings (SSSR count). The first-order valence-corrected chi connectivity index (χ1v) is 7.91. The van der Waals surface area contributed by atoms with Crippen LogP contribution in [-0.4, -0.2) is 38.7 Å². The third-order valence-electron chi connectivity index (χ3n) is 3.28. The molecule has 2 aliphatic rings. The minimum Gasteiger partial charge on any atom is -0.304 e. The molecule has 0 aromatic heterocycles. The van der Waals surface area contributed by atoms with Crippen LogP contribution >= 0.6 is 24.0 Å². The van der Waals surface area contributed by atoms with Crippen LogP contribution in [0, 0.1) is 0 Å². The van der Waals surface area contributed by atoms with Gasteiger partial charge in [-0.15, -0.1) is 0 Å². The Morgan fingerprint density at radius 2 is 2.00 bits per heavy atom. The number of thioether (sulfide) groups is 1. The highest BCUT2D eigenvalue weighted by molar-refractivity contribution is 8.23. The van der Waals surface area contributed by atoms with E-state index in [1.807, 2.05) is 38.1 Å². The van der Waals surface area contributed by atoms with Gasteiger partial charge < -0.3 is 4.90 Å².